The lowest BCUT2D eigenvalue weighted by Crippen LogP contribution is -2.41. The standard InChI is InChI=1S/C14H10BrClN2O3/c15-9-3-6-12(19)11(7-9)14(21)18-17-13(20)8-1-4-10(16)5-2-8/h1-7,19H,(H,17,20)(H,18,21). The lowest BCUT2D eigenvalue weighted by atomic mass is 10.2. The fourth-order valence-corrected chi connectivity index (χ4v) is 2.03. The Labute approximate surface area is 134 Å². The first-order chi connectivity index (χ1) is 9.97. The van der Waals surface area contributed by atoms with Crippen molar-refractivity contribution < 1.29 is 14.7 Å². The maximum atomic E-state index is 11.9. The Hall–Kier alpha value is -2.05. The van der Waals surface area contributed by atoms with Crippen LogP contribution < -0.4 is 10.9 Å². The molecule has 3 N–H and O–H groups in total. The molecule has 0 atom stereocenters. The van der Waals surface area contributed by atoms with Gasteiger partial charge in [-0.3, -0.25) is 20.4 Å². The van der Waals surface area contributed by atoms with Crippen molar-refractivity contribution in [3.63, 3.8) is 0 Å². The van der Waals surface area contributed by atoms with Crippen molar-refractivity contribution in [2.45, 2.75) is 0 Å². The number of amides is 2. The SMILES string of the molecule is O=C(NNC(=O)c1cc(Br)ccc1O)c1ccc(Cl)cc1. The summed E-state index contributed by atoms with van der Waals surface area (Å²) in [5.41, 5.74) is 4.87. The van der Waals surface area contributed by atoms with Crippen LogP contribution in [0.15, 0.2) is 46.9 Å². The van der Waals surface area contributed by atoms with Crippen LogP contribution >= 0.6 is 27.5 Å². The van der Waals surface area contributed by atoms with Gasteiger partial charge in [0, 0.05) is 15.1 Å². The Kier molecular flexibility index (Phi) is 4.82. The van der Waals surface area contributed by atoms with Crippen LogP contribution in [0.5, 0.6) is 5.75 Å². The third kappa shape index (κ3) is 3.96. The summed E-state index contributed by atoms with van der Waals surface area (Å²) in [6, 6.07) is 10.6. The summed E-state index contributed by atoms with van der Waals surface area (Å²) in [6.07, 6.45) is 0. The van der Waals surface area contributed by atoms with Crippen molar-refractivity contribution in [2.24, 2.45) is 0 Å². The number of carbonyl (C=O) groups excluding carboxylic acids is 2. The zero-order valence-electron chi connectivity index (χ0n) is 10.6. The van der Waals surface area contributed by atoms with Crippen LogP contribution in [0.25, 0.3) is 0 Å². The highest BCUT2D eigenvalue weighted by molar-refractivity contribution is 9.10. The van der Waals surface area contributed by atoms with Gasteiger partial charge < -0.3 is 5.11 Å². The number of hydrazine groups is 1. The Morgan fingerprint density at radius 2 is 1.62 bits per heavy atom. The molecule has 0 heterocycles. The van der Waals surface area contributed by atoms with Crippen LogP contribution in [-0.2, 0) is 0 Å². The van der Waals surface area contributed by atoms with Gasteiger partial charge in [0.15, 0.2) is 0 Å². The Balaban J connectivity index is 2.02. The van der Waals surface area contributed by atoms with Crippen molar-refractivity contribution in [3.05, 3.63) is 63.1 Å². The summed E-state index contributed by atoms with van der Waals surface area (Å²) < 4.78 is 0.634. The lowest BCUT2D eigenvalue weighted by molar-refractivity contribution is 0.0845. The normalized spacial score (nSPS) is 10.0. The number of aromatic hydroxyl groups is 1. The average molecular weight is 370 g/mol. The van der Waals surface area contributed by atoms with Crippen LogP contribution in [0.1, 0.15) is 20.7 Å². The average Bonchev–Trinajstić information content (AvgIpc) is 2.47. The van der Waals surface area contributed by atoms with E-state index in [0.29, 0.717) is 15.1 Å². The highest BCUT2D eigenvalue weighted by atomic mass is 79.9. The molecule has 0 radical (unpaired) electrons. The number of phenolic OH excluding ortho intramolecular Hbond substituents is 1. The Bertz CT molecular complexity index is 689. The minimum absolute atomic E-state index is 0.0424. The van der Waals surface area contributed by atoms with Crippen LogP contribution in [0.2, 0.25) is 5.02 Å². The number of hydrogen-bond donors (Lipinski definition) is 3. The number of halogens is 2. The molecule has 0 saturated heterocycles. The van der Waals surface area contributed by atoms with E-state index in [1.807, 2.05) is 0 Å². The predicted octanol–water partition coefficient (Wildman–Crippen LogP) is 2.88. The van der Waals surface area contributed by atoms with Gasteiger partial charge in [0.25, 0.3) is 11.8 Å². The maximum Gasteiger partial charge on any atom is 0.273 e. The van der Waals surface area contributed by atoms with Crippen LogP contribution in [-0.4, -0.2) is 16.9 Å². The van der Waals surface area contributed by atoms with Gasteiger partial charge in [0.1, 0.15) is 5.75 Å². The molecule has 0 aromatic heterocycles. The minimum atomic E-state index is -0.629. The Morgan fingerprint density at radius 1 is 1.00 bits per heavy atom. The molecule has 0 aliphatic carbocycles. The molecule has 0 spiro atoms. The van der Waals surface area contributed by atoms with Crippen molar-refractivity contribution in [1.29, 1.82) is 0 Å². The molecule has 108 valence electrons. The van der Waals surface area contributed by atoms with E-state index in [2.05, 4.69) is 26.8 Å². The van der Waals surface area contributed by atoms with E-state index < -0.39 is 11.8 Å². The van der Waals surface area contributed by atoms with Crippen molar-refractivity contribution >= 4 is 39.3 Å². The van der Waals surface area contributed by atoms with Crippen LogP contribution in [0.4, 0.5) is 0 Å². The molecule has 0 aliphatic heterocycles. The zero-order valence-corrected chi connectivity index (χ0v) is 12.9. The van der Waals surface area contributed by atoms with Gasteiger partial charge in [-0.05, 0) is 42.5 Å². The van der Waals surface area contributed by atoms with Gasteiger partial charge in [-0.2, -0.15) is 0 Å². The molecule has 21 heavy (non-hydrogen) atoms. The van der Waals surface area contributed by atoms with Crippen LogP contribution in [0.3, 0.4) is 0 Å². The fraction of sp³-hybridized carbons (Fsp3) is 0. The second-order valence-corrected chi connectivity index (χ2v) is 5.43. The van der Waals surface area contributed by atoms with Gasteiger partial charge in [-0.25, -0.2) is 0 Å². The van der Waals surface area contributed by atoms with Gasteiger partial charge in [0.05, 0.1) is 5.56 Å². The predicted molar refractivity (Wildman–Crippen MR) is 82.2 cm³/mol. The number of benzene rings is 2. The molecule has 0 unspecified atom stereocenters. The number of carbonyl (C=O) groups is 2. The third-order valence-electron chi connectivity index (χ3n) is 2.60. The molecular weight excluding hydrogens is 360 g/mol. The first kappa shape index (κ1) is 15.3. The molecular formula is C14H10BrClN2O3. The molecule has 0 bridgehead atoms. The summed E-state index contributed by atoms with van der Waals surface area (Å²) in [7, 11) is 0. The zero-order chi connectivity index (χ0) is 15.4. The van der Waals surface area contributed by atoms with Crippen molar-refractivity contribution in [3.8, 4) is 5.75 Å². The van der Waals surface area contributed by atoms with Gasteiger partial charge in [-0.1, -0.05) is 27.5 Å². The third-order valence-corrected chi connectivity index (χ3v) is 3.34. The first-order valence-corrected chi connectivity index (χ1v) is 6.99. The van der Waals surface area contributed by atoms with Crippen molar-refractivity contribution in [2.75, 3.05) is 0 Å². The molecule has 2 amide bonds. The van der Waals surface area contributed by atoms with E-state index in [1.165, 1.54) is 24.3 Å². The molecule has 0 saturated carbocycles. The topological polar surface area (TPSA) is 78.4 Å². The molecule has 7 heteroatoms. The molecule has 0 aliphatic rings. The van der Waals surface area contributed by atoms with Crippen LogP contribution in [0, 0.1) is 0 Å². The lowest BCUT2D eigenvalue weighted by Gasteiger charge is -2.09. The van der Waals surface area contributed by atoms with E-state index >= 15 is 0 Å². The maximum absolute atomic E-state index is 11.9. The number of phenols is 1. The molecule has 2 rings (SSSR count). The number of nitrogens with one attached hydrogen (secondary N) is 2. The minimum Gasteiger partial charge on any atom is -0.507 e. The first-order valence-electron chi connectivity index (χ1n) is 5.82. The highest BCUT2D eigenvalue weighted by Crippen LogP contribution is 2.21. The van der Waals surface area contributed by atoms with Gasteiger partial charge in [-0.15, -0.1) is 0 Å². The quantitative estimate of drug-likeness (QED) is 0.712. The largest absolute Gasteiger partial charge is 0.507 e. The smallest absolute Gasteiger partial charge is 0.273 e. The second-order valence-electron chi connectivity index (χ2n) is 4.08. The summed E-state index contributed by atoms with van der Waals surface area (Å²) in [5.74, 6) is -1.30. The molecule has 2 aromatic carbocycles. The fourth-order valence-electron chi connectivity index (χ4n) is 1.54. The molecule has 5 nitrogen and oxygen atoms in total. The molecule has 2 aromatic rings. The van der Waals surface area contributed by atoms with E-state index in [0.717, 1.165) is 0 Å². The van der Waals surface area contributed by atoms with E-state index in [1.54, 1.807) is 18.2 Å². The monoisotopic (exact) mass is 368 g/mol. The summed E-state index contributed by atoms with van der Waals surface area (Å²) in [5, 5.41) is 10.1. The van der Waals surface area contributed by atoms with Gasteiger partial charge >= 0.3 is 0 Å². The summed E-state index contributed by atoms with van der Waals surface area (Å²) >= 11 is 8.92. The van der Waals surface area contributed by atoms with Crippen molar-refractivity contribution in [1.82, 2.24) is 10.9 Å². The number of hydrogen-bond acceptors (Lipinski definition) is 3. The van der Waals surface area contributed by atoms with E-state index in [9.17, 15) is 14.7 Å². The van der Waals surface area contributed by atoms with E-state index in [-0.39, 0.29) is 11.3 Å². The molecule has 0 fully saturated rings. The van der Waals surface area contributed by atoms with Gasteiger partial charge in [0.2, 0.25) is 0 Å². The summed E-state index contributed by atoms with van der Waals surface area (Å²) in [4.78, 5) is 23.7. The summed E-state index contributed by atoms with van der Waals surface area (Å²) in [6.45, 7) is 0. The highest BCUT2D eigenvalue weighted by Gasteiger charge is 2.13. The second kappa shape index (κ2) is 6.60. The number of rotatable bonds is 2. The Morgan fingerprint density at radius 3 is 2.29 bits per heavy atom. The van der Waals surface area contributed by atoms with E-state index in [4.69, 9.17) is 11.6 Å².